The Labute approximate surface area is 170 Å². The molecule has 144 valence electrons. The standard InChI is InChI=1S/C23H24ClN3O/c1-27(17-7-3-2-4-8-17)18-13-11-16(12-14-18)23(28)26-21-15-25-20-10-6-5-9-19(20)22(21)24/h5-6,9-15,17H,2-4,7-8H2,1H3,(H,26,28). The molecular weight excluding hydrogens is 370 g/mol. The van der Waals surface area contributed by atoms with E-state index in [0.717, 1.165) is 16.6 Å². The highest BCUT2D eigenvalue weighted by atomic mass is 35.5. The maximum absolute atomic E-state index is 12.7. The van der Waals surface area contributed by atoms with E-state index in [0.29, 0.717) is 22.3 Å². The van der Waals surface area contributed by atoms with E-state index in [1.54, 1.807) is 6.20 Å². The van der Waals surface area contributed by atoms with Gasteiger partial charge in [0.15, 0.2) is 0 Å². The highest BCUT2D eigenvalue weighted by Crippen LogP contribution is 2.30. The number of carbonyl (C=O) groups excluding carboxylic acids is 1. The molecule has 4 rings (SSSR count). The van der Waals surface area contributed by atoms with Gasteiger partial charge in [0, 0.05) is 29.7 Å². The Balaban J connectivity index is 1.49. The third-order valence-corrected chi connectivity index (χ3v) is 6.02. The lowest BCUT2D eigenvalue weighted by atomic mass is 9.94. The number of aromatic nitrogens is 1. The Morgan fingerprint density at radius 1 is 1.07 bits per heavy atom. The van der Waals surface area contributed by atoms with Gasteiger partial charge >= 0.3 is 0 Å². The molecule has 0 unspecified atom stereocenters. The Bertz CT molecular complexity index is 981. The number of para-hydroxylation sites is 1. The van der Waals surface area contributed by atoms with E-state index in [2.05, 4.69) is 22.2 Å². The predicted octanol–water partition coefficient (Wildman–Crippen LogP) is 5.91. The van der Waals surface area contributed by atoms with E-state index in [4.69, 9.17) is 11.6 Å². The number of hydrogen-bond donors (Lipinski definition) is 1. The van der Waals surface area contributed by atoms with Gasteiger partial charge in [-0.1, -0.05) is 49.1 Å². The molecule has 0 aliphatic heterocycles. The van der Waals surface area contributed by atoms with Crippen LogP contribution < -0.4 is 10.2 Å². The molecule has 5 heteroatoms. The van der Waals surface area contributed by atoms with Gasteiger partial charge in [-0.15, -0.1) is 0 Å². The second-order valence-electron chi connectivity index (χ2n) is 7.41. The van der Waals surface area contributed by atoms with Crippen molar-refractivity contribution in [1.82, 2.24) is 4.98 Å². The first-order valence-corrected chi connectivity index (χ1v) is 10.2. The van der Waals surface area contributed by atoms with Crippen molar-refractivity contribution in [3.8, 4) is 0 Å². The number of benzene rings is 2. The largest absolute Gasteiger partial charge is 0.372 e. The first kappa shape index (κ1) is 18.8. The summed E-state index contributed by atoms with van der Waals surface area (Å²) >= 11 is 6.46. The summed E-state index contributed by atoms with van der Waals surface area (Å²) in [5, 5.41) is 4.22. The van der Waals surface area contributed by atoms with Crippen LogP contribution in [0.15, 0.2) is 54.7 Å². The summed E-state index contributed by atoms with van der Waals surface area (Å²) in [6.07, 6.45) is 8.04. The molecule has 1 heterocycles. The molecule has 0 saturated heterocycles. The maximum Gasteiger partial charge on any atom is 0.255 e. The van der Waals surface area contributed by atoms with Crippen LogP contribution in [0.4, 0.5) is 11.4 Å². The second-order valence-corrected chi connectivity index (χ2v) is 7.78. The van der Waals surface area contributed by atoms with Crippen LogP contribution in [0.2, 0.25) is 5.02 Å². The Morgan fingerprint density at radius 3 is 2.54 bits per heavy atom. The van der Waals surface area contributed by atoms with Crippen molar-refractivity contribution in [3.05, 3.63) is 65.3 Å². The topological polar surface area (TPSA) is 45.2 Å². The quantitative estimate of drug-likeness (QED) is 0.599. The number of amides is 1. The molecular formula is C23H24ClN3O. The highest BCUT2D eigenvalue weighted by molar-refractivity contribution is 6.38. The average Bonchev–Trinajstić information content (AvgIpc) is 2.76. The van der Waals surface area contributed by atoms with Gasteiger partial charge in [-0.3, -0.25) is 9.78 Å². The molecule has 1 fully saturated rings. The molecule has 2 aromatic carbocycles. The molecule has 4 nitrogen and oxygen atoms in total. The van der Waals surface area contributed by atoms with Crippen molar-refractivity contribution in [2.45, 2.75) is 38.1 Å². The second kappa shape index (κ2) is 8.19. The van der Waals surface area contributed by atoms with Crippen molar-refractivity contribution in [1.29, 1.82) is 0 Å². The van der Waals surface area contributed by atoms with Crippen molar-refractivity contribution in [2.24, 2.45) is 0 Å². The maximum atomic E-state index is 12.7. The summed E-state index contributed by atoms with van der Waals surface area (Å²) in [6.45, 7) is 0. The van der Waals surface area contributed by atoms with E-state index in [9.17, 15) is 4.79 Å². The number of hydrogen-bond acceptors (Lipinski definition) is 3. The third kappa shape index (κ3) is 3.83. The van der Waals surface area contributed by atoms with Crippen LogP contribution in [-0.4, -0.2) is 24.0 Å². The Morgan fingerprint density at radius 2 is 1.79 bits per heavy atom. The number of nitrogens with one attached hydrogen (secondary N) is 1. The summed E-state index contributed by atoms with van der Waals surface area (Å²) in [4.78, 5) is 19.4. The van der Waals surface area contributed by atoms with Crippen LogP contribution in [0.25, 0.3) is 10.9 Å². The van der Waals surface area contributed by atoms with E-state index in [1.807, 2.05) is 48.5 Å². The molecule has 1 aliphatic rings. The average molecular weight is 394 g/mol. The fourth-order valence-corrected chi connectivity index (χ4v) is 4.17. The normalized spacial score (nSPS) is 14.8. The van der Waals surface area contributed by atoms with Gasteiger partial charge in [-0.25, -0.2) is 0 Å². The van der Waals surface area contributed by atoms with E-state index in [-0.39, 0.29) is 5.91 Å². The van der Waals surface area contributed by atoms with Gasteiger partial charge in [0.05, 0.1) is 22.4 Å². The molecule has 1 N–H and O–H groups in total. The smallest absolute Gasteiger partial charge is 0.255 e. The van der Waals surface area contributed by atoms with Crippen LogP contribution in [0.1, 0.15) is 42.5 Å². The van der Waals surface area contributed by atoms with Gasteiger partial charge < -0.3 is 10.2 Å². The number of fused-ring (bicyclic) bond motifs is 1. The third-order valence-electron chi connectivity index (χ3n) is 5.62. The monoisotopic (exact) mass is 393 g/mol. The van der Waals surface area contributed by atoms with E-state index < -0.39 is 0 Å². The van der Waals surface area contributed by atoms with Crippen LogP contribution in [0.5, 0.6) is 0 Å². The molecule has 1 amide bonds. The Hall–Kier alpha value is -2.59. The molecule has 0 atom stereocenters. The van der Waals surface area contributed by atoms with Crippen LogP contribution in [0.3, 0.4) is 0 Å². The molecule has 0 spiro atoms. The van der Waals surface area contributed by atoms with Crippen molar-refractivity contribution < 1.29 is 4.79 Å². The zero-order valence-electron chi connectivity index (χ0n) is 16.0. The highest BCUT2D eigenvalue weighted by Gasteiger charge is 2.19. The predicted molar refractivity (Wildman–Crippen MR) is 116 cm³/mol. The number of rotatable bonds is 4. The summed E-state index contributed by atoms with van der Waals surface area (Å²) in [7, 11) is 2.14. The summed E-state index contributed by atoms with van der Waals surface area (Å²) < 4.78 is 0. The van der Waals surface area contributed by atoms with Gasteiger partial charge in [0.1, 0.15) is 0 Å². The molecule has 1 saturated carbocycles. The number of anilines is 2. The van der Waals surface area contributed by atoms with E-state index >= 15 is 0 Å². The molecule has 1 aromatic heterocycles. The summed E-state index contributed by atoms with van der Waals surface area (Å²) in [5.74, 6) is -0.189. The Kier molecular flexibility index (Phi) is 5.49. The zero-order chi connectivity index (χ0) is 19.5. The van der Waals surface area contributed by atoms with E-state index in [1.165, 1.54) is 32.1 Å². The molecule has 0 bridgehead atoms. The van der Waals surface area contributed by atoms with Gasteiger partial charge in [0.25, 0.3) is 5.91 Å². The fourth-order valence-electron chi connectivity index (χ4n) is 3.92. The molecule has 0 radical (unpaired) electrons. The van der Waals surface area contributed by atoms with Gasteiger partial charge in [0.2, 0.25) is 0 Å². The number of nitrogens with zero attached hydrogens (tertiary/aromatic N) is 2. The molecule has 1 aliphatic carbocycles. The minimum atomic E-state index is -0.189. The molecule has 28 heavy (non-hydrogen) atoms. The lowest BCUT2D eigenvalue weighted by Gasteiger charge is -2.33. The van der Waals surface area contributed by atoms with Crippen molar-refractivity contribution >= 4 is 39.8 Å². The number of pyridine rings is 1. The number of carbonyl (C=O) groups is 1. The van der Waals surface area contributed by atoms with Crippen LogP contribution in [-0.2, 0) is 0 Å². The lowest BCUT2D eigenvalue weighted by molar-refractivity contribution is 0.102. The first-order chi connectivity index (χ1) is 13.6. The molecule has 3 aromatic rings. The fraction of sp³-hybridized carbons (Fsp3) is 0.304. The lowest BCUT2D eigenvalue weighted by Crippen LogP contribution is -2.33. The van der Waals surface area contributed by atoms with Gasteiger partial charge in [-0.2, -0.15) is 0 Å². The van der Waals surface area contributed by atoms with Crippen LogP contribution >= 0.6 is 11.6 Å². The summed E-state index contributed by atoms with van der Waals surface area (Å²) in [6, 6.07) is 16.0. The van der Waals surface area contributed by atoms with Crippen molar-refractivity contribution in [2.75, 3.05) is 17.3 Å². The number of halogens is 1. The minimum Gasteiger partial charge on any atom is -0.372 e. The first-order valence-electron chi connectivity index (χ1n) is 9.81. The van der Waals surface area contributed by atoms with Crippen molar-refractivity contribution in [3.63, 3.8) is 0 Å². The SMILES string of the molecule is CN(c1ccc(C(=O)Nc2cnc3ccccc3c2Cl)cc1)C1CCCCC1. The van der Waals surface area contributed by atoms with Gasteiger partial charge in [-0.05, 0) is 43.2 Å². The zero-order valence-corrected chi connectivity index (χ0v) is 16.7. The van der Waals surface area contributed by atoms with Crippen LogP contribution in [0, 0.1) is 0 Å². The minimum absolute atomic E-state index is 0.189. The summed E-state index contributed by atoms with van der Waals surface area (Å²) in [5.41, 5.74) is 3.08.